The quantitative estimate of drug-likeness (QED) is 0.727. The second-order valence-corrected chi connectivity index (χ2v) is 8.34. The number of aromatic nitrogens is 1. The van der Waals surface area contributed by atoms with Crippen LogP contribution in [0.25, 0.3) is 0 Å². The topological polar surface area (TPSA) is 84.3 Å². The second kappa shape index (κ2) is 9.13. The van der Waals surface area contributed by atoms with Gasteiger partial charge < -0.3 is 19.9 Å². The van der Waals surface area contributed by atoms with Crippen LogP contribution in [0.15, 0.2) is 40.5 Å². The van der Waals surface area contributed by atoms with Crippen molar-refractivity contribution in [2.75, 3.05) is 20.6 Å². The fraction of sp³-hybridized carbons (Fsp3) is 0.364. The number of pyridine rings is 1. The Labute approximate surface area is 186 Å². The number of rotatable bonds is 6. The van der Waals surface area contributed by atoms with Gasteiger partial charge in [0.2, 0.25) is 5.88 Å². The first kappa shape index (κ1) is 22.2. The average Bonchev–Trinajstić information content (AvgIpc) is 2.69. The van der Waals surface area contributed by atoms with Crippen LogP contribution in [0.4, 0.5) is 0 Å². The zero-order valence-electron chi connectivity index (χ0n) is 17.2. The Bertz CT molecular complexity index is 1100. The van der Waals surface area contributed by atoms with Crippen LogP contribution in [-0.4, -0.2) is 30.1 Å². The summed E-state index contributed by atoms with van der Waals surface area (Å²) in [5, 5.41) is 10.5. The first-order valence-electron chi connectivity index (χ1n) is 9.72. The fourth-order valence-corrected chi connectivity index (χ4v) is 3.96. The van der Waals surface area contributed by atoms with Gasteiger partial charge in [0.15, 0.2) is 0 Å². The van der Waals surface area contributed by atoms with Crippen molar-refractivity contribution >= 4 is 23.2 Å². The summed E-state index contributed by atoms with van der Waals surface area (Å²) in [6.45, 7) is 3.29. The maximum atomic E-state index is 13.7. The van der Waals surface area contributed by atoms with E-state index >= 15 is 0 Å². The van der Waals surface area contributed by atoms with Crippen LogP contribution < -0.4 is 16.0 Å². The molecule has 2 N–H and O–H groups in total. The number of hydrogen-bond acceptors (Lipinski definition) is 5. The summed E-state index contributed by atoms with van der Waals surface area (Å²) < 4.78 is 7.51. The summed E-state index contributed by atoms with van der Waals surface area (Å²) in [4.78, 5) is 15.7. The molecule has 0 saturated carbocycles. The molecular formula is C22H24Cl2N4O2. The minimum atomic E-state index is -0.678. The molecule has 0 amide bonds. The van der Waals surface area contributed by atoms with E-state index in [1.165, 1.54) is 0 Å². The summed E-state index contributed by atoms with van der Waals surface area (Å²) >= 11 is 12.3. The standard InChI is InChI=1S/C22H24Cl2N4O2/c1-4-5-14-11-18-20(22(29)28(14)9-8-27(2)3)19(15(12-25)21(26)30-18)13-6-7-16(23)17(24)10-13/h6-7,10-11,19H,4-5,8-9,26H2,1-3H3. The van der Waals surface area contributed by atoms with E-state index in [0.29, 0.717) is 40.0 Å². The molecule has 1 aromatic heterocycles. The molecule has 0 aliphatic carbocycles. The lowest BCUT2D eigenvalue weighted by Crippen LogP contribution is -2.35. The predicted octanol–water partition coefficient (Wildman–Crippen LogP) is 3.89. The molecule has 6 nitrogen and oxygen atoms in total. The van der Waals surface area contributed by atoms with Crippen molar-refractivity contribution in [3.63, 3.8) is 0 Å². The van der Waals surface area contributed by atoms with Gasteiger partial charge in [0.1, 0.15) is 17.4 Å². The molecule has 158 valence electrons. The second-order valence-electron chi connectivity index (χ2n) is 7.52. The molecule has 1 unspecified atom stereocenters. The summed E-state index contributed by atoms with van der Waals surface area (Å²) in [6, 6.07) is 9.04. The van der Waals surface area contributed by atoms with Crippen molar-refractivity contribution in [3.8, 4) is 11.8 Å². The number of nitrogens with zero attached hydrogens (tertiary/aromatic N) is 3. The normalized spacial score (nSPS) is 15.7. The van der Waals surface area contributed by atoms with E-state index in [1.54, 1.807) is 22.8 Å². The van der Waals surface area contributed by atoms with Crippen LogP contribution >= 0.6 is 23.2 Å². The number of halogens is 2. The maximum absolute atomic E-state index is 13.7. The fourth-order valence-electron chi connectivity index (χ4n) is 3.65. The van der Waals surface area contributed by atoms with E-state index in [4.69, 9.17) is 33.7 Å². The molecule has 8 heteroatoms. The number of hydrogen-bond donors (Lipinski definition) is 1. The number of aryl methyl sites for hydroxylation is 1. The monoisotopic (exact) mass is 446 g/mol. The van der Waals surface area contributed by atoms with Crippen LogP contribution in [0.5, 0.6) is 5.75 Å². The smallest absolute Gasteiger partial charge is 0.258 e. The Kier molecular flexibility index (Phi) is 6.77. The van der Waals surface area contributed by atoms with Crippen molar-refractivity contribution in [1.82, 2.24) is 9.47 Å². The van der Waals surface area contributed by atoms with E-state index in [-0.39, 0.29) is 17.0 Å². The van der Waals surface area contributed by atoms with E-state index < -0.39 is 5.92 Å². The summed E-state index contributed by atoms with van der Waals surface area (Å²) in [7, 11) is 3.92. The van der Waals surface area contributed by atoms with E-state index in [0.717, 1.165) is 18.5 Å². The van der Waals surface area contributed by atoms with Gasteiger partial charge in [-0.1, -0.05) is 42.6 Å². The van der Waals surface area contributed by atoms with Crippen molar-refractivity contribution in [2.24, 2.45) is 5.73 Å². The first-order chi connectivity index (χ1) is 14.3. The summed E-state index contributed by atoms with van der Waals surface area (Å²) in [5.74, 6) is -0.298. The molecule has 2 heterocycles. The Morgan fingerprint density at radius 1 is 1.27 bits per heavy atom. The highest BCUT2D eigenvalue weighted by molar-refractivity contribution is 6.42. The maximum Gasteiger partial charge on any atom is 0.258 e. The number of allylic oxidation sites excluding steroid dienone is 1. The van der Waals surface area contributed by atoms with Crippen LogP contribution in [0.3, 0.4) is 0 Å². The Balaban J connectivity index is 2.27. The van der Waals surface area contributed by atoms with Crippen molar-refractivity contribution in [2.45, 2.75) is 32.2 Å². The predicted molar refractivity (Wildman–Crippen MR) is 119 cm³/mol. The van der Waals surface area contributed by atoms with Gasteiger partial charge in [-0.3, -0.25) is 4.79 Å². The molecule has 1 aliphatic rings. The van der Waals surface area contributed by atoms with Gasteiger partial charge in [0.25, 0.3) is 5.56 Å². The van der Waals surface area contributed by atoms with E-state index in [2.05, 4.69) is 13.0 Å². The number of nitrogens with two attached hydrogens (primary N) is 1. The molecule has 0 saturated heterocycles. The van der Waals surface area contributed by atoms with Gasteiger partial charge in [-0.25, -0.2) is 0 Å². The summed E-state index contributed by atoms with van der Waals surface area (Å²) in [6.07, 6.45) is 1.61. The molecule has 0 fully saturated rings. The summed E-state index contributed by atoms with van der Waals surface area (Å²) in [5.41, 5.74) is 7.99. The number of benzene rings is 1. The number of fused-ring (bicyclic) bond motifs is 1. The number of likely N-dealkylation sites (N-methyl/N-ethyl adjacent to an activating group) is 1. The molecule has 1 aliphatic heterocycles. The molecule has 1 aromatic carbocycles. The minimum Gasteiger partial charge on any atom is -0.440 e. The highest BCUT2D eigenvalue weighted by Crippen LogP contribution is 2.41. The highest BCUT2D eigenvalue weighted by Gasteiger charge is 2.34. The molecule has 0 spiro atoms. The lowest BCUT2D eigenvalue weighted by atomic mass is 9.84. The SMILES string of the molecule is CCCc1cc2c(c(=O)n1CCN(C)C)C(c1ccc(Cl)c(Cl)c1)C(C#N)=C(N)O2. The third-order valence-corrected chi connectivity index (χ3v) is 5.86. The zero-order valence-corrected chi connectivity index (χ0v) is 18.7. The number of nitriles is 1. The van der Waals surface area contributed by atoms with E-state index in [1.807, 2.05) is 25.1 Å². The lowest BCUT2D eigenvalue weighted by Gasteiger charge is -2.28. The third-order valence-electron chi connectivity index (χ3n) is 5.12. The third kappa shape index (κ3) is 4.20. The van der Waals surface area contributed by atoms with Gasteiger partial charge in [0, 0.05) is 24.8 Å². The first-order valence-corrected chi connectivity index (χ1v) is 10.5. The largest absolute Gasteiger partial charge is 0.440 e. The van der Waals surface area contributed by atoms with Gasteiger partial charge in [-0.15, -0.1) is 0 Å². The van der Waals surface area contributed by atoms with Gasteiger partial charge in [0.05, 0.1) is 21.5 Å². The Hall–Kier alpha value is -2.46. The highest BCUT2D eigenvalue weighted by atomic mass is 35.5. The van der Waals surface area contributed by atoms with Crippen molar-refractivity contribution in [1.29, 1.82) is 5.26 Å². The molecular weight excluding hydrogens is 423 g/mol. The van der Waals surface area contributed by atoms with Crippen molar-refractivity contribution in [3.05, 3.63) is 72.9 Å². The minimum absolute atomic E-state index is 0.00559. The van der Waals surface area contributed by atoms with Gasteiger partial charge in [-0.2, -0.15) is 5.26 Å². The van der Waals surface area contributed by atoms with Crippen molar-refractivity contribution < 1.29 is 4.74 Å². The van der Waals surface area contributed by atoms with Gasteiger partial charge >= 0.3 is 0 Å². The van der Waals surface area contributed by atoms with Crippen LogP contribution in [0, 0.1) is 11.3 Å². The Morgan fingerprint density at radius 2 is 2.00 bits per heavy atom. The molecule has 2 aromatic rings. The van der Waals surface area contributed by atoms with Crippen LogP contribution in [0.2, 0.25) is 10.0 Å². The Morgan fingerprint density at radius 3 is 2.60 bits per heavy atom. The zero-order chi connectivity index (χ0) is 22.0. The molecule has 3 rings (SSSR count). The van der Waals surface area contributed by atoms with E-state index in [9.17, 15) is 10.1 Å². The molecule has 1 atom stereocenters. The molecule has 0 radical (unpaired) electrons. The van der Waals surface area contributed by atoms with Crippen LogP contribution in [-0.2, 0) is 13.0 Å². The van der Waals surface area contributed by atoms with Gasteiger partial charge in [-0.05, 0) is 38.2 Å². The van der Waals surface area contributed by atoms with Crippen LogP contribution in [0.1, 0.15) is 36.1 Å². The number of ether oxygens (including phenoxy) is 1. The molecule has 30 heavy (non-hydrogen) atoms. The lowest BCUT2D eigenvalue weighted by molar-refractivity contribution is 0.367. The average molecular weight is 447 g/mol. The molecule has 0 bridgehead atoms.